The molecule has 0 aliphatic rings. The third-order valence-electron chi connectivity index (χ3n) is 1.50. The summed E-state index contributed by atoms with van der Waals surface area (Å²) in [4.78, 5) is 0. The van der Waals surface area contributed by atoms with Crippen LogP contribution in [0.1, 0.15) is 0 Å². The Morgan fingerprint density at radius 3 is 2.77 bits per heavy atom. The highest BCUT2D eigenvalue weighted by Gasteiger charge is 2.03. The van der Waals surface area contributed by atoms with E-state index in [-0.39, 0.29) is 5.75 Å². The van der Waals surface area contributed by atoms with Gasteiger partial charge in [0.05, 0.1) is 0 Å². The lowest BCUT2D eigenvalue weighted by Gasteiger charge is -2.05. The molecule has 2 nitrogen and oxygen atoms in total. The van der Waals surface area contributed by atoms with Gasteiger partial charge in [-0.15, -0.1) is 0 Å². The number of halogens is 2. The zero-order chi connectivity index (χ0) is 9.68. The van der Waals surface area contributed by atoms with Gasteiger partial charge >= 0.3 is 0 Å². The van der Waals surface area contributed by atoms with Gasteiger partial charge in [0.15, 0.2) is 11.6 Å². The summed E-state index contributed by atoms with van der Waals surface area (Å²) in [7, 11) is 1.77. The molecule has 1 aromatic carbocycles. The molecule has 72 valence electrons. The van der Waals surface area contributed by atoms with E-state index < -0.39 is 11.6 Å². The van der Waals surface area contributed by atoms with Crippen molar-refractivity contribution in [2.24, 2.45) is 0 Å². The molecule has 1 rings (SSSR count). The molecule has 0 spiro atoms. The van der Waals surface area contributed by atoms with Gasteiger partial charge in [0, 0.05) is 12.6 Å². The van der Waals surface area contributed by atoms with Gasteiger partial charge in [-0.05, 0) is 19.2 Å². The summed E-state index contributed by atoms with van der Waals surface area (Å²) >= 11 is 0. The first kappa shape index (κ1) is 9.92. The van der Waals surface area contributed by atoms with E-state index in [0.29, 0.717) is 13.2 Å². The van der Waals surface area contributed by atoms with E-state index >= 15 is 0 Å². The SMILES string of the molecule is CNCCOc1ccc(F)cc1F. The average Bonchev–Trinajstić information content (AvgIpc) is 2.09. The van der Waals surface area contributed by atoms with Gasteiger partial charge in [-0.2, -0.15) is 0 Å². The third-order valence-corrected chi connectivity index (χ3v) is 1.50. The Bertz CT molecular complexity index is 278. The average molecular weight is 187 g/mol. The van der Waals surface area contributed by atoms with Gasteiger partial charge in [-0.25, -0.2) is 8.78 Å². The third kappa shape index (κ3) is 2.99. The lowest BCUT2D eigenvalue weighted by atomic mass is 10.3. The van der Waals surface area contributed by atoms with Crippen LogP contribution in [-0.4, -0.2) is 20.2 Å². The van der Waals surface area contributed by atoms with Crippen LogP contribution >= 0.6 is 0 Å². The van der Waals surface area contributed by atoms with Crippen LogP contribution in [-0.2, 0) is 0 Å². The van der Waals surface area contributed by atoms with Gasteiger partial charge in [0.1, 0.15) is 12.4 Å². The second-order valence-corrected chi connectivity index (χ2v) is 2.53. The topological polar surface area (TPSA) is 21.3 Å². The molecule has 13 heavy (non-hydrogen) atoms. The zero-order valence-electron chi connectivity index (χ0n) is 7.31. The minimum Gasteiger partial charge on any atom is -0.489 e. The molecular weight excluding hydrogens is 176 g/mol. The molecule has 4 heteroatoms. The molecule has 1 N–H and O–H groups in total. The second-order valence-electron chi connectivity index (χ2n) is 2.53. The normalized spacial score (nSPS) is 10.1. The lowest BCUT2D eigenvalue weighted by Crippen LogP contribution is -2.16. The maximum Gasteiger partial charge on any atom is 0.167 e. The number of benzene rings is 1. The van der Waals surface area contributed by atoms with E-state index in [4.69, 9.17) is 4.74 Å². The summed E-state index contributed by atoms with van der Waals surface area (Å²) in [6.07, 6.45) is 0. The largest absolute Gasteiger partial charge is 0.489 e. The summed E-state index contributed by atoms with van der Waals surface area (Å²) in [5.74, 6) is -1.19. The first-order chi connectivity index (χ1) is 6.24. The molecule has 0 unspecified atom stereocenters. The zero-order valence-corrected chi connectivity index (χ0v) is 7.31. The highest BCUT2D eigenvalue weighted by molar-refractivity contribution is 5.24. The molecule has 0 aliphatic carbocycles. The molecule has 0 bridgehead atoms. The summed E-state index contributed by atoms with van der Waals surface area (Å²) in [5, 5.41) is 2.85. The smallest absolute Gasteiger partial charge is 0.167 e. The van der Waals surface area contributed by atoms with E-state index in [1.807, 2.05) is 0 Å². The van der Waals surface area contributed by atoms with E-state index in [1.165, 1.54) is 6.07 Å². The molecule has 0 aromatic heterocycles. The van der Waals surface area contributed by atoms with Crippen LogP contribution < -0.4 is 10.1 Å². The Labute approximate surface area is 75.5 Å². The Morgan fingerprint density at radius 2 is 2.15 bits per heavy atom. The number of rotatable bonds is 4. The van der Waals surface area contributed by atoms with Crippen LogP contribution in [0.5, 0.6) is 5.75 Å². The fourth-order valence-electron chi connectivity index (χ4n) is 0.855. The van der Waals surface area contributed by atoms with Crippen molar-refractivity contribution in [1.29, 1.82) is 0 Å². The second kappa shape index (κ2) is 4.77. The highest BCUT2D eigenvalue weighted by Crippen LogP contribution is 2.16. The van der Waals surface area contributed by atoms with Gasteiger partial charge < -0.3 is 10.1 Å². The van der Waals surface area contributed by atoms with Crippen molar-refractivity contribution >= 4 is 0 Å². The molecular formula is C9H11F2NO. The molecule has 0 saturated carbocycles. The first-order valence-electron chi connectivity index (χ1n) is 3.96. The van der Waals surface area contributed by atoms with E-state index in [2.05, 4.69) is 5.32 Å². The minimum absolute atomic E-state index is 0.0802. The molecule has 0 amide bonds. The predicted molar refractivity (Wildman–Crippen MR) is 45.8 cm³/mol. The van der Waals surface area contributed by atoms with Crippen LogP contribution in [0.25, 0.3) is 0 Å². The molecule has 0 radical (unpaired) electrons. The van der Waals surface area contributed by atoms with Crippen molar-refractivity contribution in [1.82, 2.24) is 5.32 Å². The molecule has 0 heterocycles. The first-order valence-corrected chi connectivity index (χ1v) is 3.96. The minimum atomic E-state index is -0.670. The summed E-state index contributed by atoms with van der Waals surface area (Å²) in [6, 6.07) is 3.24. The van der Waals surface area contributed by atoms with Gasteiger partial charge in [0.2, 0.25) is 0 Å². The van der Waals surface area contributed by atoms with Crippen molar-refractivity contribution in [2.75, 3.05) is 20.2 Å². The van der Waals surface area contributed by atoms with Crippen molar-refractivity contribution in [3.63, 3.8) is 0 Å². The van der Waals surface area contributed by atoms with Crippen molar-refractivity contribution < 1.29 is 13.5 Å². The Hall–Kier alpha value is -1.16. The Balaban J connectivity index is 2.56. The van der Waals surface area contributed by atoms with Crippen molar-refractivity contribution in [2.45, 2.75) is 0 Å². The maximum absolute atomic E-state index is 12.9. The number of likely N-dealkylation sites (N-methyl/N-ethyl adjacent to an activating group) is 1. The van der Waals surface area contributed by atoms with E-state index in [1.54, 1.807) is 7.05 Å². The predicted octanol–water partition coefficient (Wildman–Crippen LogP) is 1.56. The monoisotopic (exact) mass is 187 g/mol. The Kier molecular flexibility index (Phi) is 3.64. The number of hydrogen-bond donors (Lipinski definition) is 1. The molecule has 0 aliphatic heterocycles. The number of nitrogens with one attached hydrogen (secondary N) is 1. The Morgan fingerprint density at radius 1 is 1.38 bits per heavy atom. The fourth-order valence-corrected chi connectivity index (χ4v) is 0.855. The van der Waals surface area contributed by atoms with Gasteiger partial charge in [-0.3, -0.25) is 0 Å². The van der Waals surface area contributed by atoms with Crippen molar-refractivity contribution in [3.05, 3.63) is 29.8 Å². The highest BCUT2D eigenvalue weighted by atomic mass is 19.1. The van der Waals surface area contributed by atoms with Crippen LogP contribution in [0.15, 0.2) is 18.2 Å². The van der Waals surface area contributed by atoms with E-state index in [0.717, 1.165) is 12.1 Å². The fraction of sp³-hybridized carbons (Fsp3) is 0.333. The number of ether oxygens (including phenoxy) is 1. The summed E-state index contributed by atoms with van der Waals surface area (Å²) in [5.41, 5.74) is 0. The standard InChI is InChI=1S/C9H11F2NO/c1-12-4-5-13-9-3-2-7(10)6-8(9)11/h2-3,6,12H,4-5H2,1H3. The number of hydrogen-bond acceptors (Lipinski definition) is 2. The van der Waals surface area contributed by atoms with Crippen LogP contribution in [0, 0.1) is 11.6 Å². The quantitative estimate of drug-likeness (QED) is 0.722. The van der Waals surface area contributed by atoms with Gasteiger partial charge in [0.25, 0.3) is 0 Å². The van der Waals surface area contributed by atoms with Crippen LogP contribution in [0.2, 0.25) is 0 Å². The molecule has 0 fully saturated rings. The summed E-state index contributed by atoms with van der Waals surface area (Å²) in [6.45, 7) is 0.982. The maximum atomic E-state index is 12.9. The van der Waals surface area contributed by atoms with Crippen LogP contribution in [0.4, 0.5) is 8.78 Å². The van der Waals surface area contributed by atoms with E-state index in [9.17, 15) is 8.78 Å². The van der Waals surface area contributed by atoms with Crippen molar-refractivity contribution in [3.8, 4) is 5.75 Å². The summed E-state index contributed by atoms with van der Waals surface area (Å²) < 4.78 is 30.3. The molecule has 1 aromatic rings. The lowest BCUT2D eigenvalue weighted by molar-refractivity contribution is 0.301. The molecule has 0 atom stereocenters. The molecule has 0 saturated heterocycles. The van der Waals surface area contributed by atoms with Gasteiger partial charge in [-0.1, -0.05) is 0 Å². The van der Waals surface area contributed by atoms with Crippen LogP contribution in [0.3, 0.4) is 0 Å².